The van der Waals surface area contributed by atoms with Crippen molar-refractivity contribution in [1.82, 2.24) is 0 Å². The minimum atomic E-state index is -0.818. The summed E-state index contributed by atoms with van der Waals surface area (Å²) in [7, 11) is 0. The molecule has 0 bridgehead atoms. The highest BCUT2D eigenvalue weighted by Crippen LogP contribution is 2.42. The summed E-state index contributed by atoms with van der Waals surface area (Å²) in [6.07, 6.45) is 6.40. The molecule has 0 spiro atoms. The van der Waals surface area contributed by atoms with Crippen LogP contribution >= 0.6 is 39.1 Å². The number of nitrogens with zero attached hydrogens (tertiary/aromatic N) is 1. The van der Waals surface area contributed by atoms with E-state index in [9.17, 15) is 0 Å². The van der Waals surface area contributed by atoms with Gasteiger partial charge in [0.15, 0.2) is 5.79 Å². The van der Waals surface area contributed by atoms with E-state index >= 15 is 0 Å². The van der Waals surface area contributed by atoms with Crippen molar-refractivity contribution < 1.29 is 14.2 Å². The average molecular weight is 497 g/mol. The van der Waals surface area contributed by atoms with Gasteiger partial charge in [0.1, 0.15) is 11.5 Å². The summed E-state index contributed by atoms with van der Waals surface area (Å²) in [5.74, 6) is 0.838. The Hall–Kier alpha value is -1.37. The average Bonchev–Trinajstić information content (AvgIpc) is 3.34. The number of halogens is 3. The summed E-state index contributed by atoms with van der Waals surface area (Å²) in [5, 5.41) is 1.22. The molecule has 7 heteroatoms. The van der Waals surface area contributed by atoms with Gasteiger partial charge in [-0.2, -0.15) is 0 Å². The molecule has 2 heterocycles. The molecule has 2 aromatic rings. The molecule has 1 saturated heterocycles. The third kappa shape index (κ3) is 4.86. The molecular formula is C22H20BrCl2NO3. The van der Waals surface area contributed by atoms with Crippen LogP contribution in [-0.2, 0) is 15.3 Å². The van der Waals surface area contributed by atoms with Crippen LogP contribution in [0.5, 0.6) is 11.5 Å². The highest BCUT2D eigenvalue weighted by molar-refractivity contribution is 9.11. The van der Waals surface area contributed by atoms with Crippen molar-refractivity contribution in [2.75, 3.05) is 13.2 Å². The summed E-state index contributed by atoms with van der Waals surface area (Å²) in [4.78, 5) is 4.20. The first-order valence-corrected chi connectivity index (χ1v) is 11.0. The molecule has 0 radical (unpaired) electrons. The monoisotopic (exact) mass is 495 g/mol. The second kappa shape index (κ2) is 9.19. The van der Waals surface area contributed by atoms with E-state index in [1.54, 1.807) is 18.2 Å². The number of rotatable bonds is 7. The molecule has 0 saturated carbocycles. The van der Waals surface area contributed by atoms with Crippen LogP contribution in [0.3, 0.4) is 0 Å². The van der Waals surface area contributed by atoms with Crippen LogP contribution in [0, 0.1) is 5.92 Å². The standard InChI is InChI=1S/C22H20BrCl2NO3/c23-20-14-26-13-15(20)2-1-9-22(27-10-11-28-22)19-8-7-18(12-21(19)25)29-17-5-3-16(24)4-6-17/h3-8,12-15H,1-2,9-11H2/t15-/m1/s1. The molecule has 4 nitrogen and oxygen atoms in total. The molecule has 0 aliphatic carbocycles. The summed E-state index contributed by atoms with van der Waals surface area (Å²) in [6, 6.07) is 12.8. The summed E-state index contributed by atoms with van der Waals surface area (Å²) in [6.45, 7) is 1.10. The van der Waals surface area contributed by atoms with Gasteiger partial charge in [-0.3, -0.25) is 4.99 Å². The van der Waals surface area contributed by atoms with E-state index in [1.807, 2.05) is 36.7 Å². The van der Waals surface area contributed by atoms with Crippen molar-refractivity contribution >= 4 is 45.3 Å². The number of ether oxygens (including phenoxy) is 3. The molecule has 0 unspecified atom stereocenters. The number of hydrogen-bond acceptors (Lipinski definition) is 4. The van der Waals surface area contributed by atoms with Gasteiger partial charge in [0.05, 0.1) is 18.2 Å². The van der Waals surface area contributed by atoms with Crippen molar-refractivity contribution in [2.45, 2.75) is 25.0 Å². The van der Waals surface area contributed by atoms with E-state index in [2.05, 4.69) is 20.9 Å². The topological polar surface area (TPSA) is 40.0 Å². The lowest BCUT2D eigenvalue weighted by Crippen LogP contribution is -2.27. The number of hydrogen-bond donors (Lipinski definition) is 0. The van der Waals surface area contributed by atoms with Gasteiger partial charge in [0, 0.05) is 39.8 Å². The van der Waals surface area contributed by atoms with E-state index < -0.39 is 5.79 Å². The second-order valence-electron chi connectivity index (χ2n) is 6.96. The van der Waals surface area contributed by atoms with Crippen LogP contribution in [0.2, 0.25) is 10.0 Å². The molecule has 152 valence electrons. The van der Waals surface area contributed by atoms with Crippen LogP contribution < -0.4 is 4.74 Å². The zero-order valence-electron chi connectivity index (χ0n) is 15.6. The quantitative estimate of drug-likeness (QED) is 0.410. The first kappa shape index (κ1) is 20.9. The van der Waals surface area contributed by atoms with E-state index in [0.717, 1.165) is 22.9 Å². The zero-order chi connectivity index (χ0) is 20.3. The van der Waals surface area contributed by atoms with Gasteiger partial charge in [-0.25, -0.2) is 0 Å². The maximum Gasteiger partial charge on any atom is 0.196 e. The molecule has 29 heavy (non-hydrogen) atoms. The van der Waals surface area contributed by atoms with Crippen molar-refractivity contribution in [3.8, 4) is 11.5 Å². The fourth-order valence-electron chi connectivity index (χ4n) is 3.55. The summed E-state index contributed by atoms with van der Waals surface area (Å²) < 4.78 is 19.1. The Bertz CT molecular complexity index is 924. The first-order chi connectivity index (χ1) is 14.1. The van der Waals surface area contributed by atoms with Crippen LogP contribution in [0.25, 0.3) is 0 Å². The Morgan fingerprint density at radius 2 is 1.79 bits per heavy atom. The number of benzene rings is 2. The molecular weight excluding hydrogens is 477 g/mol. The first-order valence-electron chi connectivity index (χ1n) is 9.46. The van der Waals surface area contributed by atoms with Crippen molar-refractivity contribution in [2.24, 2.45) is 10.9 Å². The minimum absolute atomic E-state index is 0.319. The molecule has 1 atom stereocenters. The van der Waals surface area contributed by atoms with Gasteiger partial charge in [-0.15, -0.1) is 0 Å². The molecule has 0 aromatic heterocycles. The Morgan fingerprint density at radius 1 is 1.07 bits per heavy atom. The van der Waals surface area contributed by atoms with Gasteiger partial charge in [-0.1, -0.05) is 39.1 Å². The summed E-state index contributed by atoms with van der Waals surface area (Å²) >= 11 is 16.1. The molecule has 0 amide bonds. The lowest BCUT2D eigenvalue weighted by atomic mass is 9.96. The summed E-state index contributed by atoms with van der Waals surface area (Å²) in [5.41, 5.74) is 0.829. The van der Waals surface area contributed by atoms with Crippen LogP contribution in [0.4, 0.5) is 0 Å². The maximum atomic E-state index is 6.62. The van der Waals surface area contributed by atoms with E-state index in [4.69, 9.17) is 37.4 Å². The third-order valence-electron chi connectivity index (χ3n) is 4.99. The van der Waals surface area contributed by atoms with Gasteiger partial charge < -0.3 is 14.2 Å². The predicted octanol–water partition coefficient (Wildman–Crippen LogP) is 7.09. The third-order valence-corrected chi connectivity index (χ3v) is 6.35. The fourth-order valence-corrected chi connectivity index (χ4v) is 4.45. The lowest BCUT2D eigenvalue weighted by Gasteiger charge is -2.29. The minimum Gasteiger partial charge on any atom is -0.457 e. The SMILES string of the molecule is Clc1ccc(Oc2ccc(C3(CCC[C@@H]4C=NC=C4Br)OCCO3)c(Cl)c2)cc1. The van der Waals surface area contributed by atoms with E-state index in [0.29, 0.717) is 47.1 Å². The maximum absolute atomic E-state index is 6.62. The Labute approximate surface area is 188 Å². The Morgan fingerprint density at radius 3 is 2.45 bits per heavy atom. The molecule has 1 fully saturated rings. The highest BCUT2D eigenvalue weighted by atomic mass is 79.9. The van der Waals surface area contributed by atoms with E-state index in [1.165, 1.54) is 0 Å². The molecule has 2 aliphatic rings. The van der Waals surface area contributed by atoms with Crippen LogP contribution in [0.1, 0.15) is 24.8 Å². The van der Waals surface area contributed by atoms with E-state index in [-0.39, 0.29) is 0 Å². The zero-order valence-corrected chi connectivity index (χ0v) is 18.7. The smallest absolute Gasteiger partial charge is 0.196 e. The Kier molecular flexibility index (Phi) is 6.62. The van der Waals surface area contributed by atoms with Crippen molar-refractivity contribution in [1.29, 1.82) is 0 Å². The predicted molar refractivity (Wildman–Crippen MR) is 119 cm³/mol. The molecule has 2 aliphatic heterocycles. The number of aliphatic imine (C=N–C) groups is 1. The van der Waals surface area contributed by atoms with Crippen molar-refractivity contribution in [3.63, 3.8) is 0 Å². The highest BCUT2D eigenvalue weighted by Gasteiger charge is 2.40. The van der Waals surface area contributed by atoms with Crippen LogP contribution in [0.15, 0.2) is 58.1 Å². The van der Waals surface area contributed by atoms with Gasteiger partial charge in [0.25, 0.3) is 0 Å². The molecule has 2 aromatic carbocycles. The van der Waals surface area contributed by atoms with Gasteiger partial charge in [-0.05, 0) is 55.3 Å². The second-order valence-corrected chi connectivity index (χ2v) is 8.72. The van der Waals surface area contributed by atoms with Gasteiger partial charge >= 0.3 is 0 Å². The molecule has 4 rings (SSSR count). The number of allylic oxidation sites excluding steroid dienone is 1. The Balaban J connectivity index is 1.47. The largest absolute Gasteiger partial charge is 0.457 e. The van der Waals surface area contributed by atoms with Crippen molar-refractivity contribution in [3.05, 3.63) is 68.8 Å². The normalized spacial score (nSPS) is 20.1. The van der Waals surface area contributed by atoms with Crippen LogP contribution in [-0.4, -0.2) is 19.4 Å². The lowest BCUT2D eigenvalue weighted by molar-refractivity contribution is -0.171. The fraction of sp³-hybridized carbons (Fsp3) is 0.318. The molecule has 0 N–H and O–H groups in total. The van der Waals surface area contributed by atoms with Gasteiger partial charge in [0.2, 0.25) is 0 Å².